The monoisotopic (exact) mass is 262 g/mol. The van der Waals surface area contributed by atoms with Crippen LogP contribution in [0.4, 0.5) is 0 Å². The van der Waals surface area contributed by atoms with Crippen LogP contribution in [-0.4, -0.2) is 59.4 Å². The number of ether oxygens (including phenoxy) is 4. The summed E-state index contributed by atoms with van der Waals surface area (Å²) in [5.74, 6) is -1.67. The molecule has 0 aromatic heterocycles. The van der Waals surface area contributed by atoms with Crippen LogP contribution in [0.25, 0.3) is 0 Å². The molecule has 2 aliphatic heterocycles. The molecule has 0 aromatic rings. The fraction of sp³-hybridized carbons (Fsp3) is 1.00. The number of aliphatic hydroxyl groups excluding tert-OH is 2. The van der Waals surface area contributed by atoms with Crippen molar-refractivity contribution in [3.05, 3.63) is 0 Å². The Bertz CT molecular complexity index is 273. The van der Waals surface area contributed by atoms with Crippen molar-refractivity contribution >= 4 is 0 Å². The Morgan fingerprint density at radius 2 is 1.06 bits per heavy atom. The maximum atomic E-state index is 9.43. The molecule has 18 heavy (non-hydrogen) atoms. The molecule has 2 saturated heterocycles. The van der Waals surface area contributed by atoms with Gasteiger partial charge < -0.3 is 29.2 Å². The number of fused-ring (bicyclic) bond motifs is 1. The normalized spacial score (nSPS) is 42.3. The standard InChI is InChI=1S/C12H22O6/c1-11(2)15-7(5-13)10-9(17-11)8(6-14)16-12(3,4)18-10/h7-10,13-14H,5-6H2,1-4H3/t7-,8-,9-,10-/m1/s1. The van der Waals surface area contributed by atoms with Gasteiger partial charge in [-0.15, -0.1) is 0 Å². The number of rotatable bonds is 2. The molecule has 2 aliphatic rings. The van der Waals surface area contributed by atoms with Crippen molar-refractivity contribution in [3.8, 4) is 0 Å². The minimum atomic E-state index is -0.837. The fourth-order valence-electron chi connectivity index (χ4n) is 2.57. The molecule has 0 aromatic carbocycles. The summed E-state index contributed by atoms with van der Waals surface area (Å²) in [5, 5.41) is 18.9. The second-order valence-electron chi connectivity index (χ2n) is 5.64. The van der Waals surface area contributed by atoms with E-state index in [1.165, 1.54) is 0 Å². The summed E-state index contributed by atoms with van der Waals surface area (Å²) >= 11 is 0. The van der Waals surface area contributed by atoms with E-state index in [4.69, 9.17) is 18.9 Å². The van der Waals surface area contributed by atoms with Gasteiger partial charge in [0.1, 0.15) is 24.4 Å². The summed E-state index contributed by atoms with van der Waals surface area (Å²) in [4.78, 5) is 0. The Morgan fingerprint density at radius 3 is 1.33 bits per heavy atom. The average molecular weight is 262 g/mol. The van der Waals surface area contributed by atoms with Gasteiger partial charge in [0.15, 0.2) is 11.6 Å². The fourth-order valence-corrected chi connectivity index (χ4v) is 2.57. The Balaban J connectivity index is 2.24. The SMILES string of the molecule is CC1(C)O[C@H]2[C@H](OC(C)(C)O[C@@H]2CO)[C@@H](CO)O1. The lowest BCUT2D eigenvalue weighted by molar-refractivity contribution is -0.426. The lowest BCUT2D eigenvalue weighted by Crippen LogP contribution is -2.66. The Kier molecular flexibility index (Phi) is 3.70. The smallest absolute Gasteiger partial charge is 0.164 e. The number of hydrogen-bond acceptors (Lipinski definition) is 6. The van der Waals surface area contributed by atoms with E-state index in [0.29, 0.717) is 0 Å². The van der Waals surface area contributed by atoms with Crippen LogP contribution < -0.4 is 0 Å². The molecule has 6 nitrogen and oxygen atoms in total. The third kappa shape index (κ3) is 2.68. The van der Waals surface area contributed by atoms with E-state index in [-0.39, 0.29) is 13.2 Å². The summed E-state index contributed by atoms with van der Waals surface area (Å²) in [7, 11) is 0. The van der Waals surface area contributed by atoms with E-state index in [9.17, 15) is 10.2 Å². The van der Waals surface area contributed by atoms with E-state index in [1.54, 1.807) is 27.7 Å². The summed E-state index contributed by atoms with van der Waals surface area (Å²) in [6, 6.07) is 0. The number of hydrogen-bond donors (Lipinski definition) is 2. The van der Waals surface area contributed by atoms with Gasteiger partial charge in [-0.25, -0.2) is 0 Å². The lowest BCUT2D eigenvalue weighted by Gasteiger charge is -2.53. The van der Waals surface area contributed by atoms with Crippen LogP contribution in [0.5, 0.6) is 0 Å². The van der Waals surface area contributed by atoms with Crippen LogP contribution in [-0.2, 0) is 18.9 Å². The van der Waals surface area contributed by atoms with Gasteiger partial charge >= 0.3 is 0 Å². The van der Waals surface area contributed by atoms with E-state index in [0.717, 1.165) is 0 Å². The lowest BCUT2D eigenvalue weighted by atomic mass is 9.98. The molecular formula is C12H22O6. The van der Waals surface area contributed by atoms with Crippen molar-refractivity contribution in [1.29, 1.82) is 0 Å². The summed E-state index contributed by atoms with van der Waals surface area (Å²) in [6.07, 6.45) is -1.89. The van der Waals surface area contributed by atoms with Crippen molar-refractivity contribution in [2.75, 3.05) is 13.2 Å². The molecule has 2 heterocycles. The molecule has 2 N–H and O–H groups in total. The first-order valence-electron chi connectivity index (χ1n) is 6.21. The van der Waals surface area contributed by atoms with E-state index < -0.39 is 36.0 Å². The van der Waals surface area contributed by atoms with Crippen LogP contribution in [0.2, 0.25) is 0 Å². The van der Waals surface area contributed by atoms with E-state index >= 15 is 0 Å². The zero-order chi connectivity index (χ0) is 13.6. The van der Waals surface area contributed by atoms with Gasteiger partial charge in [-0.05, 0) is 27.7 Å². The van der Waals surface area contributed by atoms with Crippen molar-refractivity contribution in [2.24, 2.45) is 0 Å². The van der Waals surface area contributed by atoms with E-state index in [1.807, 2.05) is 0 Å². The second-order valence-corrected chi connectivity index (χ2v) is 5.64. The Morgan fingerprint density at radius 1 is 0.722 bits per heavy atom. The predicted octanol–water partition coefficient (Wildman–Crippen LogP) is 0.0112. The Labute approximate surface area is 107 Å². The highest BCUT2D eigenvalue weighted by Crippen LogP contribution is 2.38. The topological polar surface area (TPSA) is 77.4 Å². The van der Waals surface area contributed by atoms with Crippen molar-refractivity contribution in [1.82, 2.24) is 0 Å². The zero-order valence-corrected chi connectivity index (χ0v) is 11.3. The average Bonchev–Trinajstić information content (AvgIpc) is 2.26. The molecule has 2 rings (SSSR count). The first-order chi connectivity index (χ1) is 8.28. The molecule has 0 saturated carbocycles. The van der Waals surface area contributed by atoms with Gasteiger partial charge in [-0.2, -0.15) is 0 Å². The molecule has 4 atom stereocenters. The highest BCUT2D eigenvalue weighted by molar-refractivity contribution is 4.94. The van der Waals surface area contributed by atoms with Crippen LogP contribution in [0, 0.1) is 0 Å². The quantitative estimate of drug-likeness (QED) is 0.730. The summed E-state index contributed by atoms with van der Waals surface area (Å²) in [5.41, 5.74) is 0. The van der Waals surface area contributed by atoms with Gasteiger partial charge in [0.2, 0.25) is 0 Å². The molecule has 0 radical (unpaired) electrons. The van der Waals surface area contributed by atoms with Gasteiger partial charge in [0, 0.05) is 0 Å². The van der Waals surface area contributed by atoms with Crippen molar-refractivity contribution < 1.29 is 29.2 Å². The highest BCUT2D eigenvalue weighted by atomic mass is 16.8. The zero-order valence-electron chi connectivity index (χ0n) is 11.3. The molecule has 2 fully saturated rings. The molecule has 0 aliphatic carbocycles. The molecule has 0 amide bonds. The van der Waals surface area contributed by atoms with E-state index in [2.05, 4.69) is 0 Å². The minimum Gasteiger partial charge on any atom is -0.394 e. The van der Waals surface area contributed by atoms with Crippen LogP contribution >= 0.6 is 0 Å². The maximum absolute atomic E-state index is 9.43. The molecule has 6 heteroatoms. The van der Waals surface area contributed by atoms with Crippen molar-refractivity contribution in [2.45, 2.75) is 63.7 Å². The van der Waals surface area contributed by atoms with Gasteiger partial charge in [0.25, 0.3) is 0 Å². The summed E-state index contributed by atoms with van der Waals surface area (Å²) < 4.78 is 22.8. The Hall–Kier alpha value is -0.240. The number of aliphatic hydroxyl groups is 2. The molecule has 0 spiro atoms. The van der Waals surface area contributed by atoms with Gasteiger partial charge in [-0.3, -0.25) is 0 Å². The largest absolute Gasteiger partial charge is 0.394 e. The maximum Gasteiger partial charge on any atom is 0.164 e. The third-order valence-corrected chi connectivity index (χ3v) is 3.13. The molecule has 0 bridgehead atoms. The van der Waals surface area contributed by atoms with Crippen LogP contribution in [0.3, 0.4) is 0 Å². The highest BCUT2D eigenvalue weighted by Gasteiger charge is 2.53. The van der Waals surface area contributed by atoms with Gasteiger partial charge in [0.05, 0.1) is 13.2 Å². The summed E-state index contributed by atoms with van der Waals surface area (Å²) in [6.45, 7) is 6.73. The molecule has 106 valence electrons. The minimum absolute atomic E-state index is 0.164. The van der Waals surface area contributed by atoms with Crippen molar-refractivity contribution in [3.63, 3.8) is 0 Å². The van der Waals surface area contributed by atoms with Gasteiger partial charge in [-0.1, -0.05) is 0 Å². The first-order valence-corrected chi connectivity index (χ1v) is 6.21. The predicted molar refractivity (Wildman–Crippen MR) is 61.8 cm³/mol. The molecular weight excluding hydrogens is 240 g/mol. The second kappa shape index (κ2) is 4.70. The first kappa shape index (κ1) is 14.2. The van der Waals surface area contributed by atoms with Crippen LogP contribution in [0.15, 0.2) is 0 Å². The molecule has 0 unspecified atom stereocenters. The van der Waals surface area contributed by atoms with Crippen LogP contribution in [0.1, 0.15) is 27.7 Å². The third-order valence-electron chi connectivity index (χ3n) is 3.13.